The third-order valence-corrected chi connectivity index (χ3v) is 4.80. The fraction of sp³-hybridized carbons (Fsp3) is 0.300. The van der Waals surface area contributed by atoms with Gasteiger partial charge in [-0.1, -0.05) is 18.2 Å². The Morgan fingerprint density at radius 1 is 1.11 bits per heavy atom. The Balaban J connectivity index is 1.44. The first-order valence-corrected chi connectivity index (χ1v) is 9.30. The molecule has 0 amide bonds. The number of piperazine rings is 1. The van der Waals surface area contributed by atoms with Gasteiger partial charge in [0.25, 0.3) is 0 Å². The van der Waals surface area contributed by atoms with Gasteiger partial charge in [-0.3, -0.25) is 4.98 Å². The lowest BCUT2D eigenvalue weighted by Crippen LogP contribution is -2.47. The van der Waals surface area contributed by atoms with Crippen LogP contribution in [0.15, 0.2) is 42.7 Å². The molecule has 3 aromatic rings. The summed E-state index contributed by atoms with van der Waals surface area (Å²) in [5.41, 5.74) is 8.24. The van der Waals surface area contributed by atoms with E-state index < -0.39 is 5.97 Å². The number of para-hydroxylation sites is 1. The number of nitrogens with two attached hydrogens (primary N) is 1. The van der Waals surface area contributed by atoms with Crippen molar-refractivity contribution in [2.24, 2.45) is 0 Å². The number of carbonyl (C=O) groups is 1. The van der Waals surface area contributed by atoms with E-state index in [-0.39, 0.29) is 18.0 Å². The molecule has 0 spiro atoms. The van der Waals surface area contributed by atoms with Gasteiger partial charge in [-0.25, -0.2) is 9.78 Å². The number of fused-ring (bicyclic) bond motifs is 1. The minimum Gasteiger partial charge on any atom is -0.462 e. The summed E-state index contributed by atoms with van der Waals surface area (Å²) in [6.45, 7) is 5.18. The van der Waals surface area contributed by atoms with Crippen LogP contribution in [-0.2, 0) is 4.74 Å². The van der Waals surface area contributed by atoms with Crippen molar-refractivity contribution in [3.8, 4) is 0 Å². The first-order chi connectivity index (χ1) is 13.7. The second-order valence-electron chi connectivity index (χ2n) is 6.55. The molecule has 1 saturated heterocycles. The monoisotopic (exact) mass is 378 g/mol. The van der Waals surface area contributed by atoms with Gasteiger partial charge in [-0.05, 0) is 19.1 Å². The zero-order valence-electron chi connectivity index (χ0n) is 15.7. The molecule has 4 rings (SSSR count). The topological polar surface area (TPSA) is 97.5 Å². The number of nitrogen functional groups attached to an aromatic ring is 1. The first kappa shape index (κ1) is 18.0. The largest absolute Gasteiger partial charge is 0.462 e. The summed E-state index contributed by atoms with van der Waals surface area (Å²) >= 11 is 0. The lowest BCUT2D eigenvalue weighted by molar-refractivity contribution is 0.0527. The molecule has 8 nitrogen and oxygen atoms in total. The Hall–Kier alpha value is -3.42. The van der Waals surface area contributed by atoms with Gasteiger partial charge in [0, 0.05) is 37.8 Å². The Bertz CT molecular complexity index is 1000. The highest BCUT2D eigenvalue weighted by atomic mass is 16.5. The maximum atomic E-state index is 11.8. The number of benzene rings is 1. The Kier molecular flexibility index (Phi) is 4.92. The second kappa shape index (κ2) is 7.67. The highest BCUT2D eigenvalue weighted by Gasteiger charge is 2.21. The van der Waals surface area contributed by atoms with E-state index >= 15 is 0 Å². The highest BCUT2D eigenvalue weighted by molar-refractivity contribution is 5.93. The zero-order chi connectivity index (χ0) is 19.5. The van der Waals surface area contributed by atoms with Gasteiger partial charge in [0.2, 0.25) is 5.95 Å². The van der Waals surface area contributed by atoms with Gasteiger partial charge < -0.3 is 20.3 Å². The quantitative estimate of drug-likeness (QED) is 0.690. The molecule has 0 aliphatic carbocycles. The van der Waals surface area contributed by atoms with E-state index in [4.69, 9.17) is 10.5 Å². The molecule has 28 heavy (non-hydrogen) atoms. The van der Waals surface area contributed by atoms with Crippen LogP contribution >= 0.6 is 0 Å². The van der Waals surface area contributed by atoms with Crippen LogP contribution in [0.25, 0.3) is 10.9 Å². The summed E-state index contributed by atoms with van der Waals surface area (Å²) in [5.74, 6) is 0.173. The van der Waals surface area contributed by atoms with E-state index in [9.17, 15) is 4.79 Å². The van der Waals surface area contributed by atoms with Crippen molar-refractivity contribution in [1.29, 1.82) is 0 Å². The van der Waals surface area contributed by atoms with Crippen molar-refractivity contribution in [3.05, 3.63) is 48.3 Å². The average Bonchev–Trinajstić information content (AvgIpc) is 2.73. The minimum atomic E-state index is -0.500. The zero-order valence-corrected chi connectivity index (χ0v) is 15.7. The van der Waals surface area contributed by atoms with Crippen LogP contribution in [0.3, 0.4) is 0 Å². The molecule has 1 fully saturated rings. The molecule has 0 saturated carbocycles. The van der Waals surface area contributed by atoms with Crippen LogP contribution in [0.4, 0.5) is 17.5 Å². The molecule has 0 atom stereocenters. The number of nitrogens with zero attached hydrogens (tertiary/aromatic N) is 5. The number of aromatic nitrogens is 3. The normalized spacial score (nSPS) is 14.3. The molecule has 2 aromatic heterocycles. The molecule has 1 aromatic carbocycles. The number of ether oxygens (including phenoxy) is 1. The summed E-state index contributed by atoms with van der Waals surface area (Å²) in [6, 6.07) is 10.3. The third-order valence-electron chi connectivity index (χ3n) is 4.80. The molecule has 8 heteroatoms. The molecular formula is C20H22N6O2. The molecule has 0 bridgehead atoms. The maximum absolute atomic E-state index is 11.8. The van der Waals surface area contributed by atoms with Gasteiger partial charge in [0.15, 0.2) is 0 Å². The van der Waals surface area contributed by atoms with Gasteiger partial charge in [-0.2, -0.15) is 4.98 Å². The molecular weight excluding hydrogens is 356 g/mol. The number of pyridine rings is 1. The Labute approximate surface area is 163 Å². The van der Waals surface area contributed by atoms with Crippen LogP contribution in [0.1, 0.15) is 17.3 Å². The number of hydrogen-bond acceptors (Lipinski definition) is 8. The van der Waals surface area contributed by atoms with Crippen molar-refractivity contribution < 1.29 is 9.53 Å². The van der Waals surface area contributed by atoms with Gasteiger partial charge in [0.05, 0.1) is 24.0 Å². The Morgan fingerprint density at radius 2 is 1.86 bits per heavy atom. The number of hydrogen-bond donors (Lipinski definition) is 1. The van der Waals surface area contributed by atoms with Crippen LogP contribution in [0.2, 0.25) is 0 Å². The standard InChI is InChI=1S/C20H22N6O2/c1-2-28-19(27)16-13-23-20(24-18(16)21)26-9-7-25(8-10-26)15-11-14-5-3-4-6-17(14)22-12-15/h3-6,11-13H,2,7-10H2,1H3,(H2,21,23,24). The van der Waals surface area contributed by atoms with Crippen molar-refractivity contribution in [1.82, 2.24) is 15.0 Å². The van der Waals surface area contributed by atoms with Gasteiger partial charge in [0.1, 0.15) is 11.4 Å². The summed E-state index contributed by atoms with van der Waals surface area (Å²) < 4.78 is 4.96. The maximum Gasteiger partial charge on any atom is 0.343 e. The van der Waals surface area contributed by atoms with E-state index in [0.717, 1.165) is 42.8 Å². The molecule has 3 heterocycles. The predicted molar refractivity (Wildman–Crippen MR) is 109 cm³/mol. The molecule has 0 unspecified atom stereocenters. The molecule has 1 aliphatic rings. The fourth-order valence-corrected chi connectivity index (χ4v) is 3.30. The molecule has 2 N–H and O–H groups in total. The highest BCUT2D eigenvalue weighted by Crippen LogP contribution is 2.22. The van der Waals surface area contributed by atoms with Crippen LogP contribution in [0.5, 0.6) is 0 Å². The lowest BCUT2D eigenvalue weighted by atomic mass is 10.2. The van der Waals surface area contributed by atoms with Crippen molar-refractivity contribution in [2.45, 2.75) is 6.92 Å². The molecule has 0 radical (unpaired) electrons. The van der Waals surface area contributed by atoms with Crippen LogP contribution in [-0.4, -0.2) is 53.7 Å². The molecule has 1 aliphatic heterocycles. The van der Waals surface area contributed by atoms with E-state index in [1.807, 2.05) is 24.4 Å². The van der Waals surface area contributed by atoms with Crippen molar-refractivity contribution in [3.63, 3.8) is 0 Å². The summed E-state index contributed by atoms with van der Waals surface area (Å²) in [4.78, 5) is 29.4. The minimum absolute atomic E-state index is 0.143. The van der Waals surface area contributed by atoms with E-state index in [0.29, 0.717) is 5.95 Å². The fourth-order valence-electron chi connectivity index (χ4n) is 3.30. The van der Waals surface area contributed by atoms with Gasteiger partial charge in [-0.15, -0.1) is 0 Å². The summed E-state index contributed by atoms with van der Waals surface area (Å²) in [6.07, 6.45) is 3.36. The lowest BCUT2D eigenvalue weighted by Gasteiger charge is -2.36. The van der Waals surface area contributed by atoms with E-state index in [1.54, 1.807) is 6.92 Å². The van der Waals surface area contributed by atoms with Crippen molar-refractivity contribution in [2.75, 3.05) is 48.3 Å². The van der Waals surface area contributed by atoms with Gasteiger partial charge >= 0.3 is 5.97 Å². The third kappa shape index (κ3) is 3.53. The number of carbonyl (C=O) groups excluding carboxylic acids is 1. The predicted octanol–water partition coefficient (Wildman–Crippen LogP) is 2.11. The van der Waals surface area contributed by atoms with Crippen molar-refractivity contribution >= 4 is 34.3 Å². The molecule has 144 valence electrons. The average molecular weight is 378 g/mol. The van der Waals surface area contributed by atoms with E-state index in [1.165, 1.54) is 6.20 Å². The summed E-state index contributed by atoms with van der Waals surface area (Å²) in [5, 5.41) is 1.13. The Morgan fingerprint density at radius 3 is 2.61 bits per heavy atom. The van der Waals surface area contributed by atoms with E-state index in [2.05, 4.69) is 36.9 Å². The number of esters is 1. The number of anilines is 3. The summed E-state index contributed by atoms with van der Waals surface area (Å²) in [7, 11) is 0. The van der Waals surface area contributed by atoms with Crippen LogP contribution < -0.4 is 15.5 Å². The SMILES string of the molecule is CCOC(=O)c1cnc(N2CCN(c3cnc4ccccc4c3)CC2)nc1N. The second-order valence-corrected chi connectivity index (χ2v) is 6.55. The first-order valence-electron chi connectivity index (χ1n) is 9.30. The number of rotatable bonds is 4. The smallest absolute Gasteiger partial charge is 0.343 e. The van der Waals surface area contributed by atoms with Crippen LogP contribution in [0, 0.1) is 0 Å².